The maximum atomic E-state index is 13.4. The van der Waals surface area contributed by atoms with Crippen LogP contribution in [0.2, 0.25) is 25.7 Å². The minimum absolute atomic E-state index is 0.0827. The van der Waals surface area contributed by atoms with Crippen molar-refractivity contribution in [2.75, 3.05) is 23.1 Å². The Bertz CT molecular complexity index is 1110. The first-order valence-corrected chi connectivity index (χ1v) is 16.8. The molecule has 0 saturated heterocycles. The first kappa shape index (κ1) is 23.0. The van der Waals surface area contributed by atoms with E-state index in [0.717, 1.165) is 5.56 Å². The highest BCUT2D eigenvalue weighted by Gasteiger charge is 2.33. The molecule has 0 aromatic heterocycles. The monoisotopic (exact) mass is 466 g/mol. The van der Waals surface area contributed by atoms with Gasteiger partial charge in [-0.2, -0.15) is 4.31 Å². The number of hydrogen-bond donors (Lipinski definition) is 0. The van der Waals surface area contributed by atoms with Crippen LogP contribution in [0, 0.1) is 6.92 Å². The van der Waals surface area contributed by atoms with E-state index in [2.05, 4.69) is 19.6 Å². The number of aryl methyl sites for hydroxylation is 1. The molecule has 0 N–H and O–H groups in total. The van der Waals surface area contributed by atoms with Crippen LogP contribution in [-0.2, 0) is 26.6 Å². The Hall–Kier alpha value is -1.68. The lowest BCUT2D eigenvalue weighted by molar-refractivity contribution is 0.422. The van der Waals surface area contributed by atoms with Crippen LogP contribution >= 0.6 is 0 Å². The topological polar surface area (TPSA) is 74.8 Å². The largest absolute Gasteiger partial charge is 0.265 e. The summed E-state index contributed by atoms with van der Waals surface area (Å²) < 4.78 is 55.6. The second kappa shape index (κ2) is 8.45. The van der Waals surface area contributed by atoms with Gasteiger partial charge in [0.25, 0.3) is 10.0 Å². The van der Waals surface area contributed by atoms with Gasteiger partial charge in [-0.25, -0.2) is 16.8 Å². The van der Waals surface area contributed by atoms with Gasteiger partial charge in [0.15, 0.2) is 0 Å². The number of hydrogen-bond acceptors (Lipinski definition) is 4. The predicted molar refractivity (Wildman–Crippen MR) is 125 cm³/mol. The van der Waals surface area contributed by atoms with Crippen molar-refractivity contribution in [2.24, 2.45) is 0 Å². The number of sulfonamides is 2. The van der Waals surface area contributed by atoms with E-state index < -0.39 is 28.1 Å². The quantitative estimate of drug-likeness (QED) is 0.609. The summed E-state index contributed by atoms with van der Waals surface area (Å²) in [6, 6.07) is 14.6. The molecule has 0 radical (unpaired) electrons. The summed E-state index contributed by atoms with van der Waals surface area (Å²) in [5.41, 5.74) is 2.22. The zero-order valence-electron chi connectivity index (χ0n) is 18.0. The van der Waals surface area contributed by atoms with Gasteiger partial charge >= 0.3 is 0 Å². The first-order chi connectivity index (χ1) is 13.9. The van der Waals surface area contributed by atoms with Gasteiger partial charge < -0.3 is 0 Å². The van der Waals surface area contributed by atoms with E-state index >= 15 is 0 Å². The van der Waals surface area contributed by atoms with Gasteiger partial charge in [-0.1, -0.05) is 55.5 Å². The number of anilines is 1. The van der Waals surface area contributed by atoms with E-state index in [9.17, 15) is 16.8 Å². The second-order valence-corrected chi connectivity index (χ2v) is 18.6. The fraction of sp³-hybridized carbons (Fsp3) is 0.429. The molecule has 0 atom stereocenters. The molecule has 2 aromatic rings. The summed E-state index contributed by atoms with van der Waals surface area (Å²) in [6.07, 6.45) is 0. The van der Waals surface area contributed by atoms with Crippen molar-refractivity contribution in [3.05, 3.63) is 59.7 Å². The standard InChI is InChI=1S/C21H30N2O4S2Si/c1-18-9-11-20(12-10-18)29(26,27)23-14-13-22(17-19-7-5-6-8-21(19)23)28(24,25)15-16-30(2,3)4/h5-12H,13-17H2,1-4H3. The minimum Gasteiger partial charge on any atom is -0.265 e. The van der Waals surface area contributed by atoms with Crippen LogP contribution < -0.4 is 4.31 Å². The fourth-order valence-electron chi connectivity index (χ4n) is 3.37. The van der Waals surface area contributed by atoms with Crippen LogP contribution in [-0.4, -0.2) is 48.1 Å². The van der Waals surface area contributed by atoms with Gasteiger partial charge in [-0.15, -0.1) is 0 Å². The van der Waals surface area contributed by atoms with Crippen molar-refractivity contribution < 1.29 is 16.8 Å². The molecule has 2 aromatic carbocycles. The lowest BCUT2D eigenvalue weighted by atomic mass is 10.2. The van der Waals surface area contributed by atoms with E-state index in [1.54, 1.807) is 42.5 Å². The van der Waals surface area contributed by atoms with Gasteiger partial charge in [0.05, 0.1) is 16.3 Å². The van der Waals surface area contributed by atoms with Gasteiger partial charge in [0, 0.05) is 27.7 Å². The van der Waals surface area contributed by atoms with Crippen LogP contribution in [0.25, 0.3) is 0 Å². The zero-order valence-corrected chi connectivity index (χ0v) is 20.6. The fourth-order valence-corrected chi connectivity index (χ4v) is 9.30. The van der Waals surface area contributed by atoms with Crippen molar-refractivity contribution in [2.45, 2.75) is 44.0 Å². The average Bonchev–Trinajstić information content (AvgIpc) is 2.87. The Morgan fingerprint density at radius 1 is 0.900 bits per heavy atom. The smallest absolute Gasteiger partial charge is 0.264 e. The van der Waals surface area contributed by atoms with Crippen LogP contribution in [0.1, 0.15) is 11.1 Å². The van der Waals surface area contributed by atoms with E-state index in [1.165, 1.54) is 8.61 Å². The molecule has 9 heteroatoms. The Balaban J connectivity index is 1.96. The summed E-state index contributed by atoms with van der Waals surface area (Å²) in [7, 11) is -8.80. The molecule has 0 aliphatic carbocycles. The Morgan fingerprint density at radius 3 is 2.17 bits per heavy atom. The lowest BCUT2D eigenvalue weighted by Gasteiger charge is -2.25. The van der Waals surface area contributed by atoms with Crippen molar-refractivity contribution in [1.29, 1.82) is 0 Å². The Labute approximate surface area is 181 Å². The summed E-state index contributed by atoms with van der Waals surface area (Å²) in [5, 5.41) is 0. The first-order valence-electron chi connectivity index (χ1n) is 10.1. The molecule has 3 rings (SSSR count). The average molecular weight is 467 g/mol. The molecule has 164 valence electrons. The summed E-state index contributed by atoms with van der Waals surface area (Å²) >= 11 is 0. The molecule has 0 amide bonds. The number of fused-ring (bicyclic) bond motifs is 1. The molecule has 0 saturated carbocycles. The molecule has 30 heavy (non-hydrogen) atoms. The molecule has 0 spiro atoms. The molecule has 6 nitrogen and oxygen atoms in total. The van der Waals surface area contributed by atoms with E-state index in [0.29, 0.717) is 17.3 Å². The molecule has 0 fully saturated rings. The Kier molecular flexibility index (Phi) is 6.48. The van der Waals surface area contributed by atoms with Gasteiger partial charge in [0.2, 0.25) is 10.0 Å². The molecular formula is C21H30N2O4S2Si. The highest BCUT2D eigenvalue weighted by Crippen LogP contribution is 2.31. The van der Waals surface area contributed by atoms with Crippen molar-refractivity contribution in [3.8, 4) is 0 Å². The van der Waals surface area contributed by atoms with Crippen molar-refractivity contribution in [1.82, 2.24) is 4.31 Å². The summed E-state index contributed by atoms with van der Waals surface area (Å²) in [4.78, 5) is 0.206. The Morgan fingerprint density at radius 2 is 1.53 bits per heavy atom. The number of rotatable bonds is 6. The van der Waals surface area contributed by atoms with Crippen LogP contribution in [0.15, 0.2) is 53.4 Å². The van der Waals surface area contributed by atoms with E-state index in [1.807, 2.05) is 13.0 Å². The minimum atomic E-state index is -3.80. The maximum absolute atomic E-state index is 13.4. The molecule has 0 unspecified atom stereocenters. The third kappa shape index (κ3) is 5.13. The summed E-state index contributed by atoms with van der Waals surface area (Å²) in [6.45, 7) is 8.75. The number of para-hydroxylation sites is 1. The molecular weight excluding hydrogens is 436 g/mol. The van der Waals surface area contributed by atoms with E-state index in [4.69, 9.17) is 0 Å². The van der Waals surface area contributed by atoms with Crippen LogP contribution in [0.5, 0.6) is 0 Å². The molecule has 0 bridgehead atoms. The maximum Gasteiger partial charge on any atom is 0.264 e. The van der Waals surface area contributed by atoms with Gasteiger partial charge in [-0.05, 0) is 36.7 Å². The second-order valence-electron chi connectivity index (χ2n) is 8.98. The highest BCUT2D eigenvalue weighted by atomic mass is 32.2. The van der Waals surface area contributed by atoms with Crippen LogP contribution in [0.4, 0.5) is 5.69 Å². The highest BCUT2D eigenvalue weighted by molar-refractivity contribution is 7.92. The zero-order chi connectivity index (χ0) is 22.2. The predicted octanol–water partition coefficient (Wildman–Crippen LogP) is 3.67. The van der Waals surface area contributed by atoms with Gasteiger partial charge in [0.1, 0.15) is 0 Å². The van der Waals surface area contributed by atoms with Crippen molar-refractivity contribution in [3.63, 3.8) is 0 Å². The number of nitrogens with zero attached hydrogens (tertiary/aromatic N) is 2. The lowest BCUT2D eigenvalue weighted by Crippen LogP contribution is -2.39. The van der Waals surface area contributed by atoms with Crippen LogP contribution in [0.3, 0.4) is 0 Å². The van der Waals surface area contributed by atoms with Gasteiger partial charge in [-0.3, -0.25) is 4.31 Å². The number of benzene rings is 2. The third-order valence-electron chi connectivity index (χ3n) is 5.27. The molecule has 1 aliphatic rings. The summed E-state index contributed by atoms with van der Waals surface area (Å²) in [5.74, 6) is 0.107. The van der Waals surface area contributed by atoms with E-state index in [-0.39, 0.29) is 30.3 Å². The third-order valence-corrected chi connectivity index (χ3v) is 11.0. The normalized spacial score (nSPS) is 16.2. The SMILES string of the molecule is Cc1ccc(S(=O)(=O)N2CCN(S(=O)(=O)CC[Si](C)(C)C)Cc3ccccc32)cc1. The molecule has 1 heterocycles. The van der Waals surface area contributed by atoms with Crippen molar-refractivity contribution >= 4 is 33.8 Å². The molecule has 1 aliphatic heterocycles.